The fourth-order valence-corrected chi connectivity index (χ4v) is 1.99. The van der Waals surface area contributed by atoms with Crippen molar-refractivity contribution in [3.8, 4) is 5.75 Å². The topological polar surface area (TPSA) is 83.6 Å². The van der Waals surface area contributed by atoms with Gasteiger partial charge >= 0.3 is 0 Å². The molecule has 0 heterocycles. The maximum atomic E-state index is 11.4. The molecule has 0 bridgehead atoms. The van der Waals surface area contributed by atoms with Crippen LogP contribution >= 0.6 is 0 Å². The molecule has 5 nitrogen and oxygen atoms in total. The first-order chi connectivity index (χ1) is 9.43. The lowest BCUT2D eigenvalue weighted by molar-refractivity contribution is -0.119. The number of ketones is 1. The lowest BCUT2D eigenvalue weighted by Crippen LogP contribution is -2.34. The van der Waals surface area contributed by atoms with E-state index in [1.165, 1.54) is 13.0 Å². The molecule has 110 valence electrons. The van der Waals surface area contributed by atoms with E-state index in [0.29, 0.717) is 17.7 Å². The minimum atomic E-state index is -0.400. The Hall–Kier alpha value is -1.88. The van der Waals surface area contributed by atoms with Gasteiger partial charge in [0.05, 0.1) is 6.54 Å². The average molecular weight is 278 g/mol. The van der Waals surface area contributed by atoms with Crippen molar-refractivity contribution in [3.63, 3.8) is 0 Å². The summed E-state index contributed by atoms with van der Waals surface area (Å²) in [5.74, 6) is -0.328. The van der Waals surface area contributed by atoms with Crippen LogP contribution in [-0.4, -0.2) is 34.8 Å². The number of nitrogens with zero attached hydrogens (tertiary/aromatic N) is 1. The summed E-state index contributed by atoms with van der Waals surface area (Å²) < 4.78 is 0. The van der Waals surface area contributed by atoms with Crippen LogP contribution in [0.4, 0.5) is 0 Å². The Kier molecular flexibility index (Phi) is 6.18. The summed E-state index contributed by atoms with van der Waals surface area (Å²) in [7, 11) is 0. The van der Waals surface area contributed by atoms with E-state index in [9.17, 15) is 14.7 Å². The van der Waals surface area contributed by atoms with Gasteiger partial charge in [0.15, 0.2) is 5.78 Å². The molecule has 3 N–H and O–H groups in total. The number of unbranched alkanes of at least 4 members (excludes halogenated alkanes) is 1. The summed E-state index contributed by atoms with van der Waals surface area (Å²) >= 11 is 0. The van der Waals surface area contributed by atoms with E-state index in [0.717, 1.165) is 19.4 Å². The van der Waals surface area contributed by atoms with Crippen molar-refractivity contribution in [1.82, 2.24) is 4.90 Å². The van der Waals surface area contributed by atoms with Gasteiger partial charge in [-0.2, -0.15) is 0 Å². The zero-order valence-corrected chi connectivity index (χ0v) is 12.1. The number of benzene rings is 1. The highest BCUT2D eigenvalue weighted by molar-refractivity contribution is 5.94. The van der Waals surface area contributed by atoms with E-state index >= 15 is 0 Å². The van der Waals surface area contributed by atoms with Crippen LogP contribution in [0.2, 0.25) is 0 Å². The maximum Gasteiger partial charge on any atom is 0.231 e. The molecular weight excluding hydrogens is 256 g/mol. The first-order valence-corrected chi connectivity index (χ1v) is 6.77. The van der Waals surface area contributed by atoms with Gasteiger partial charge < -0.3 is 10.8 Å². The molecule has 0 fully saturated rings. The number of aromatic hydroxyl groups is 1. The van der Waals surface area contributed by atoms with Crippen LogP contribution < -0.4 is 5.73 Å². The Morgan fingerprint density at radius 1 is 1.35 bits per heavy atom. The van der Waals surface area contributed by atoms with Crippen LogP contribution in [0.3, 0.4) is 0 Å². The van der Waals surface area contributed by atoms with Crippen LogP contribution in [0.25, 0.3) is 0 Å². The molecule has 1 aromatic carbocycles. The molecule has 5 heteroatoms. The summed E-state index contributed by atoms with van der Waals surface area (Å²) in [6.07, 6.45) is 1.95. The highest BCUT2D eigenvalue weighted by atomic mass is 16.3. The third-order valence-corrected chi connectivity index (χ3v) is 3.09. The number of phenolic OH excluding ortho intramolecular Hbond substituents is 1. The molecule has 0 aromatic heterocycles. The first kappa shape index (κ1) is 16.2. The predicted molar refractivity (Wildman–Crippen MR) is 77.5 cm³/mol. The summed E-state index contributed by atoms with van der Waals surface area (Å²) in [6, 6.07) is 4.76. The summed E-state index contributed by atoms with van der Waals surface area (Å²) in [5.41, 5.74) is 6.42. The van der Waals surface area contributed by atoms with Gasteiger partial charge in [-0.05, 0) is 38.1 Å². The number of amides is 1. The van der Waals surface area contributed by atoms with Crippen molar-refractivity contribution in [3.05, 3.63) is 29.3 Å². The molecule has 1 rings (SSSR count). The second-order valence-corrected chi connectivity index (χ2v) is 4.93. The van der Waals surface area contributed by atoms with E-state index in [-0.39, 0.29) is 18.1 Å². The monoisotopic (exact) mass is 278 g/mol. The smallest absolute Gasteiger partial charge is 0.231 e. The lowest BCUT2D eigenvalue weighted by atomic mass is 10.1. The van der Waals surface area contributed by atoms with Crippen molar-refractivity contribution in [2.45, 2.75) is 33.2 Å². The number of rotatable bonds is 8. The molecule has 0 spiro atoms. The van der Waals surface area contributed by atoms with Gasteiger partial charge in [-0.15, -0.1) is 0 Å². The molecule has 0 aliphatic rings. The number of hydrogen-bond acceptors (Lipinski definition) is 4. The Bertz CT molecular complexity index is 486. The third-order valence-electron chi connectivity index (χ3n) is 3.09. The SMILES string of the molecule is CCCCN(CC(N)=O)Cc1cc(C(C)=O)ccc1O. The van der Waals surface area contributed by atoms with Crippen LogP contribution in [0.1, 0.15) is 42.6 Å². The van der Waals surface area contributed by atoms with E-state index in [4.69, 9.17) is 5.73 Å². The van der Waals surface area contributed by atoms with E-state index in [1.54, 1.807) is 12.1 Å². The minimum Gasteiger partial charge on any atom is -0.508 e. The molecular formula is C15H22N2O3. The van der Waals surface area contributed by atoms with Gasteiger partial charge in [0.1, 0.15) is 5.75 Å². The number of primary amides is 1. The fourth-order valence-electron chi connectivity index (χ4n) is 1.99. The minimum absolute atomic E-state index is 0.0544. The lowest BCUT2D eigenvalue weighted by Gasteiger charge is -2.21. The molecule has 0 atom stereocenters. The van der Waals surface area contributed by atoms with Crippen molar-refractivity contribution in [2.24, 2.45) is 5.73 Å². The average Bonchev–Trinajstić information content (AvgIpc) is 2.37. The van der Waals surface area contributed by atoms with Gasteiger partial charge in [0.2, 0.25) is 5.91 Å². The first-order valence-electron chi connectivity index (χ1n) is 6.77. The Morgan fingerprint density at radius 3 is 2.60 bits per heavy atom. The van der Waals surface area contributed by atoms with Crippen LogP contribution in [0, 0.1) is 0 Å². The second kappa shape index (κ2) is 7.65. The fraction of sp³-hybridized carbons (Fsp3) is 0.467. The normalized spacial score (nSPS) is 10.8. The maximum absolute atomic E-state index is 11.4. The van der Waals surface area contributed by atoms with Crippen molar-refractivity contribution in [2.75, 3.05) is 13.1 Å². The quantitative estimate of drug-likeness (QED) is 0.709. The zero-order chi connectivity index (χ0) is 15.1. The zero-order valence-electron chi connectivity index (χ0n) is 12.1. The molecule has 0 aliphatic heterocycles. The van der Waals surface area contributed by atoms with E-state index in [2.05, 4.69) is 6.92 Å². The van der Waals surface area contributed by atoms with Gasteiger partial charge in [0.25, 0.3) is 0 Å². The summed E-state index contributed by atoms with van der Waals surface area (Å²) in [5, 5.41) is 9.87. The predicted octanol–water partition coefficient (Wildman–Crippen LogP) is 1.68. The van der Waals surface area contributed by atoms with Gasteiger partial charge in [-0.25, -0.2) is 0 Å². The number of carbonyl (C=O) groups is 2. The standard InChI is InChI=1S/C15H22N2O3/c1-3-4-7-17(10-15(16)20)9-13-8-12(11(2)18)5-6-14(13)19/h5-6,8,19H,3-4,7,9-10H2,1-2H3,(H2,16,20). The number of nitrogens with two attached hydrogens (primary N) is 1. The Morgan fingerprint density at radius 2 is 2.05 bits per heavy atom. The van der Waals surface area contributed by atoms with Crippen LogP contribution in [-0.2, 0) is 11.3 Å². The Labute approximate surface area is 119 Å². The van der Waals surface area contributed by atoms with Gasteiger partial charge in [0, 0.05) is 17.7 Å². The van der Waals surface area contributed by atoms with E-state index < -0.39 is 5.91 Å². The van der Waals surface area contributed by atoms with E-state index in [1.807, 2.05) is 4.90 Å². The summed E-state index contributed by atoms with van der Waals surface area (Å²) in [4.78, 5) is 24.3. The third kappa shape index (κ3) is 5.01. The van der Waals surface area contributed by atoms with Crippen LogP contribution in [0.15, 0.2) is 18.2 Å². The number of phenols is 1. The molecule has 1 amide bonds. The van der Waals surface area contributed by atoms with Crippen LogP contribution in [0.5, 0.6) is 5.75 Å². The number of Topliss-reactive ketones (excluding diaryl/α,β-unsaturated/α-hetero) is 1. The Balaban J connectivity index is 2.88. The molecule has 0 saturated heterocycles. The second-order valence-electron chi connectivity index (χ2n) is 4.93. The van der Waals surface area contributed by atoms with Crippen molar-refractivity contribution >= 4 is 11.7 Å². The van der Waals surface area contributed by atoms with Gasteiger partial charge in [-0.3, -0.25) is 14.5 Å². The number of hydrogen-bond donors (Lipinski definition) is 2. The molecule has 0 saturated carbocycles. The van der Waals surface area contributed by atoms with Gasteiger partial charge in [-0.1, -0.05) is 13.3 Å². The highest BCUT2D eigenvalue weighted by Crippen LogP contribution is 2.21. The molecule has 20 heavy (non-hydrogen) atoms. The van der Waals surface area contributed by atoms with Crippen molar-refractivity contribution < 1.29 is 14.7 Å². The highest BCUT2D eigenvalue weighted by Gasteiger charge is 2.12. The molecule has 1 aromatic rings. The molecule has 0 radical (unpaired) electrons. The molecule has 0 aliphatic carbocycles. The molecule has 0 unspecified atom stereocenters. The van der Waals surface area contributed by atoms with Crippen molar-refractivity contribution in [1.29, 1.82) is 0 Å². The number of carbonyl (C=O) groups excluding carboxylic acids is 2. The summed E-state index contributed by atoms with van der Waals surface area (Å²) in [6.45, 7) is 4.81. The largest absolute Gasteiger partial charge is 0.508 e.